The maximum absolute atomic E-state index is 11.8. The molecule has 0 fully saturated rings. The van der Waals surface area contributed by atoms with Crippen LogP contribution in [0.3, 0.4) is 0 Å². The minimum absolute atomic E-state index is 0.000300. The second-order valence-corrected chi connectivity index (χ2v) is 6.12. The van der Waals surface area contributed by atoms with Gasteiger partial charge in [-0.2, -0.15) is 0 Å². The molecule has 3 nitrogen and oxygen atoms in total. The van der Waals surface area contributed by atoms with Crippen molar-refractivity contribution in [3.8, 4) is 0 Å². The highest BCUT2D eigenvalue weighted by molar-refractivity contribution is 9.10. The van der Waals surface area contributed by atoms with Crippen molar-refractivity contribution >= 4 is 21.8 Å². The molecule has 1 rings (SSSR count). The Morgan fingerprint density at radius 3 is 2.74 bits per heavy atom. The van der Waals surface area contributed by atoms with E-state index in [2.05, 4.69) is 35.1 Å². The molecule has 0 bridgehead atoms. The average molecular weight is 328 g/mol. The Balaban J connectivity index is 2.38. The van der Waals surface area contributed by atoms with E-state index in [1.54, 1.807) is 0 Å². The van der Waals surface area contributed by atoms with Crippen LogP contribution in [0.25, 0.3) is 0 Å². The first-order valence-electron chi connectivity index (χ1n) is 6.66. The second-order valence-electron chi connectivity index (χ2n) is 5.21. The lowest BCUT2D eigenvalue weighted by atomic mass is 10.0. The molecule has 0 spiro atoms. The van der Waals surface area contributed by atoms with Crippen LogP contribution in [-0.2, 0) is 11.2 Å². The molecule has 1 aromatic carbocycles. The fraction of sp³-hybridized carbons (Fsp3) is 0.533. The van der Waals surface area contributed by atoms with E-state index >= 15 is 0 Å². The monoisotopic (exact) mass is 327 g/mol. The van der Waals surface area contributed by atoms with Crippen LogP contribution >= 0.6 is 15.9 Å². The van der Waals surface area contributed by atoms with Gasteiger partial charge < -0.3 is 10.4 Å². The lowest BCUT2D eigenvalue weighted by Gasteiger charge is -2.18. The summed E-state index contributed by atoms with van der Waals surface area (Å²) in [7, 11) is 0. The summed E-state index contributed by atoms with van der Waals surface area (Å²) in [5.74, 6) is 0.460. The molecule has 1 unspecified atom stereocenters. The highest BCUT2D eigenvalue weighted by atomic mass is 79.9. The zero-order valence-corrected chi connectivity index (χ0v) is 13.1. The number of halogens is 1. The molecule has 1 amide bonds. The number of hydrogen-bond acceptors (Lipinski definition) is 2. The summed E-state index contributed by atoms with van der Waals surface area (Å²) >= 11 is 3.41. The molecular weight excluding hydrogens is 306 g/mol. The van der Waals surface area contributed by atoms with E-state index in [9.17, 15) is 9.90 Å². The van der Waals surface area contributed by atoms with Gasteiger partial charge in [0.2, 0.25) is 5.91 Å². The third-order valence-electron chi connectivity index (χ3n) is 2.87. The number of amides is 1. The number of hydrogen-bond donors (Lipinski definition) is 2. The normalized spacial score (nSPS) is 12.5. The van der Waals surface area contributed by atoms with E-state index in [-0.39, 0.29) is 18.6 Å². The SMILES string of the molecule is CC(C)CC(CO)NC(=O)CCc1cccc(Br)c1. The van der Waals surface area contributed by atoms with Crippen LogP contribution in [0.1, 0.15) is 32.3 Å². The van der Waals surface area contributed by atoms with Gasteiger partial charge in [0.25, 0.3) is 0 Å². The van der Waals surface area contributed by atoms with Crippen molar-refractivity contribution in [2.75, 3.05) is 6.61 Å². The molecule has 2 N–H and O–H groups in total. The molecule has 4 heteroatoms. The van der Waals surface area contributed by atoms with E-state index in [0.717, 1.165) is 16.5 Å². The molecule has 0 saturated carbocycles. The standard InChI is InChI=1S/C15H22BrNO2/c1-11(2)8-14(10-18)17-15(19)7-6-12-4-3-5-13(16)9-12/h3-5,9,11,14,18H,6-8,10H2,1-2H3,(H,17,19). The van der Waals surface area contributed by atoms with Crippen molar-refractivity contribution in [1.29, 1.82) is 0 Å². The summed E-state index contributed by atoms with van der Waals surface area (Å²) in [5.41, 5.74) is 1.13. The van der Waals surface area contributed by atoms with Gasteiger partial charge in [0.05, 0.1) is 12.6 Å². The lowest BCUT2D eigenvalue weighted by molar-refractivity contribution is -0.122. The van der Waals surface area contributed by atoms with E-state index in [1.165, 1.54) is 0 Å². The summed E-state index contributed by atoms with van der Waals surface area (Å²) < 4.78 is 1.03. The van der Waals surface area contributed by atoms with Crippen molar-refractivity contribution in [3.63, 3.8) is 0 Å². The quantitative estimate of drug-likeness (QED) is 0.809. The molecule has 0 aliphatic heterocycles. The Bertz CT molecular complexity index is 407. The van der Waals surface area contributed by atoms with E-state index in [4.69, 9.17) is 0 Å². The predicted octanol–water partition coefficient (Wildman–Crippen LogP) is 2.90. The van der Waals surface area contributed by atoms with Gasteiger partial charge >= 0.3 is 0 Å². The molecule has 0 aliphatic carbocycles. The Labute approximate surface area is 123 Å². The third-order valence-corrected chi connectivity index (χ3v) is 3.36. The van der Waals surface area contributed by atoms with E-state index < -0.39 is 0 Å². The largest absolute Gasteiger partial charge is 0.394 e. The topological polar surface area (TPSA) is 49.3 Å². The van der Waals surface area contributed by atoms with Gasteiger partial charge in [-0.15, -0.1) is 0 Å². The number of carbonyl (C=O) groups excluding carboxylic acids is 1. The summed E-state index contributed by atoms with van der Waals surface area (Å²) in [5, 5.41) is 12.1. The molecular formula is C15H22BrNO2. The van der Waals surface area contributed by atoms with Crippen LogP contribution in [0.15, 0.2) is 28.7 Å². The third kappa shape index (κ3) is 6.73. The number of benzene rings is 1. The Morgan fingerprint density at radius 2 is 2.16 bits per heavy atom. The summed E-state index contributed by atoms with van der Waals surface area (Å²) in [6.45, 7) is 4.16. The van der Waals surface area contributed by atoms with Crippen molar-refractivity contribution in [1.82, 2.24) is 5.32 Å². The van der Waals surface area contributed by atoms with Crippen LogP contribution in [0.4, 0.5) is 0 Å². The highest BCUT2D eigenvalue weighted by Gasteiger charge is 2.12. The van der Waals surface area contributed by atoms with Crippen LogP contribution in [0.2, 0.25) is 0 Å². The molecule has 0 saturated heterocycles. The maximum atomic E-state index is 11.8. The number of aryl methyl sites for hydroxylation is 1. The maximum Gasteiger partial charge on any atom is 0.220 e. The summed E-state index contributed by atoms with van der Waals surface area (Å²) in [6.07, 6.45) is 1.97. The lowest BCUT2D eigenvalue weighted by Crippen LogP contribution is -2.38. The fourth-order valence-corrected chi connectivity index (χ4v) is 2.44. The van der Waals surface area contributed by atoms with Gasteiger partial charge in [0.1, 0.15) is 0 Å². The molecule has 0 aliphatic rings. The fourth-order valence-electron chi connectivity index (χ4n) is 2.00. The summed E-state index contributed by atoms with van der Waals surface area (Å²) in [4.78, 5) is 11.8. The number of nitrogens with one attached hydrogen (secondary N) is 1. The molecule has 1 atom stereocenters. The van der Waals surface area contributed by atoms with Crippen molar-refractivity contribution in [2.45, 2.75) is 39.2 Å². The number of aliphatic hydroxyl groups is 1. The first kappa shape index (κ1) is 16.2. The molecule has 0 aromatic heterocycles. The number of aliphatic hydroxyl groups excluding tert-OH is 1. The Morgan fingerprint density at radius 1 is 1.42 bits per heavy atom. The zero-order valence-electron chi connectivity index (χ0n) is 11.5. The van der Waals surface area contributed by atoms with Gasteiger partial charge in [-0.25, -0.2) is 0 Å². The van der Waals surface area contributed by atoms with Gasteiger partial charge in [0, 0.05) is 10.9 Å². The molecule has 19 heavy (non-hydrogen) atoms. The van der Waals surface area contributed by atoms with Gasteiger partial charge in [0.15, 0.2) is 0 Å². The summed E-state index contributed by atoms with van der Waals surface area (Å²) in [6, 6.07) is 7.83. The first-order valence-corrected chi connectivity index (χ1v) is 7.45. The second kappa shape index (κ2) is 8.33. The van der Waals surface area contributed by atoms with Crippen LogP contribution in [0.5, 0.6) is 0 Å². The van der Waals surface area contributed by atoms with Gasteiger partial charge in [-0.1, -0.05) is 41.9 Å². The van der Waals surface area contributed by atoms with Crippen LogP contribution in [-0.4, -0.2) is 23.7 Å². The zero-order chi connectivity index (χ0) is 14.3. The van der Waals surface area contributed by atoms with E-state index in [1.807, 2.05) is 24.3 Å². The van der Waals surface area contributed by atoms with Crippen molar-refractivity contribution in [3.05, 3.63) is 34.3 Å². The predicted molar refractivity (Wildman–Crippen MR) is 80.9 cm³/mol. The van der Waals surface area contributed by atoms with E-state index in [0.29, 0.717) is 18.8 Å². The Kier molecular flexibility index (Phi) is 7.10. The highest BCUT2D eigenvalue weighted by Crippen LogP contribution is 2.13. The molecule has 0 heterocycles. The molecule has 106 valence electrons. The van der Waals surface area contributed by atoms with Gasteiger partial charge in [-0.3, -0.25) is 4.79 Å². The average Bonchev–Trinajstić information content (AvgIpc) is 2.35. The van der Waals surface area contributed by atoms with Crippen molar-refractivity contribution < 1.29 is 9.90 Å². The minimum atomic E-state index is -0.130. The minimum Gasteiger partial charge on any atom is -0.394 e. The number of carbonyl (C=O) groups is 1. The van der Waals surface area contributed by atoms with Gasteiger partial charge in [-0.05, 0) is 36.5 Å². The molecule has 0 radical (unpaired) electrons. The van der Waals surface area contributed by atoms with Crippen molar-refractivity contribution in [2.24, 2.45) is 5.92 Å². The van der Waals surface area contributed by atoms with Crippen LogP contribution < -0.4 is 5.32 Å². The number of rotatable bonds is 7. The van der Waals surface area contributed by atoms with Crippen LogP contribution in [0, 0.1) is 5.92 Å². The smallest absolute Gasteiger partial charge is 0.220 e. The Hall–Kier alpha value is -0.870. The molecule has 1 aromatic rings. The first-order chi connectivity index (χ1) is 9.01.